The van der Waals surface area contributed by atoms with Crippen LogP contribution in [0.2, 0.25) is 0 Å². The number of fused-ring (bicyclic) bond motifs is 1. The van der Waals surface area contributed by atoms with E-state index in [2.05, 4.69) is 15.0 Å². The second-order valence-corrected chi connectivity index (χ2v) is 8.86. The number of nitrogens with one attached hydrogen (secondary N) is 1. The monoisotopic (exact) mass is 426 g/mol. The van der Waals surface area contributed by atoms with Gasteiger partial charge in [-0.1, -0.05) is 23.5 Å². The number of hydrogen-bond acceptors (Lipinski definition) is 7. The lowest BCUT2D eigenvalue weighted by Crippen LogP contribution is -2.33. The zero-order valence-electron chi connectivity index (χ0n) is 16.8. The van der Waals surface area contributed by atoms with Crippen molar-refractivity contribution < 1.29 is 14.3 Å². The summed E-state index contributed by atoms with van der Waals surface area (Å²) >= 11 is 1.36. The Kier molecular flexibility index (Phi) is 4.59. The highest BCUT2D eigenvalue weighted by Crippen LogP contribution is 2.47. The van der Waals surface area contributed by atoms with Gasteiger partial charge in [0, 0.05) is 13.7 Å². The molecule has 1 amide bonds. The number of nitrogens with zero attached hydrogens (tertiary/aromatic N) is 3. The van der Waals surface area contributed by atoms with Gasteiger partial charge in [0.25, 0.3) is 5.56 Å². The van der Waals surface area contributed by atoms with Gasteiger partial charge in [0.2, 0.25) is 0 Å². The van der Waals surface area contributed by atoms with Crippen LogP contribution in [0.5, 0.6) is 5.75 Å². The second kappa shape index (κ2) is 7.17. The summed E-state index contributed by atoms with van der Waals surface area (Å²) in [4.78, 5) is 39.6. The Morgan fingerprint density at radius 2 is 2.17 bits per heavy atom. The lowest BCUT2D eigenvalue weighted by molar-refractivity contribution is 0.0712. The van der Waals surface area contributed by atoms with E-state index in [0.717, 1.165) is 31.2 Å². The molecule has 156 valence electrons. The number of rotatable bonds is 4. The van der Waals surface area contributed by atoms with Crippen molar-refractivity contribution in [3.8, 4) is 5.75 Å². The van der Waals surface area contributed by atoms with Crippen LogP contribution in [0.15, 0.2) is 29.1 Å². The maximum Gasteiger partial charge on any atom is 0.415 e. The van der Waals surface area contributed by atoms with E-state index in [1.807, 2.05) is 25.1 Å². The van der Waals surface area contributed by atoms with Gasteiger partial charge >= 0.3 is 6.09 Å². The van der Waals surface area contributed by atoms with Crippen molar-refractivity contribution in [2.75, 3.05) is 13.7 Å². The van der Waals surface area contributed by atoms with E-state index < -0.39 is 11.7 Å². The van der Waals surface area contributed by atoms with Crippen molar-refractivity contribution in [1.29, 1.82) is 0 Å². The largest absolute Gasteiger partial charge is 0.415 e. The molecule has 1 aromatic carbocycles. The molecule has 1 saturated carbocycles. The summed E-state index contributed by atoms with van der Waals surface area (Å²) in [7, 11) is 1.63. The van der Waals surface area contributed by atoms with E-state index in [4.69, 9.17) is 9.47 Å². The third kappa shape index (κ3) is 3.27. The quantitative estimate of drug-likeness (QED) is 0.684. The van der Waals surface area contributed by atoms with Crippen molar-refractivity contribution >= 4 is 27.8 Å². The van der Waals surface area contributed by atoms with E-state index in [1.54, 1.807) is 18.1 Å². The van der Waals surface area contributed by atoms with Crippen LogP contribution in [0.3, 0.4) is 0 Å². The third-order valence-electron chi connectivity index (χ3n) is 5.78. The predicted molar refractivity (Wildman–Crippen MR) is 112 cm³/mol. The van der Waals surface area contributed by atoms with Gasteiger partial charge in [-0.3, -0.25) is 9.69 Å². The number of benzene rings is 1. The Labute approximate surface area is 176 Å². The molecule has 30 heavy (non-hydrogen) atoms. The smallest absolute Gasteiger partial charge is 0.410 e. The molecule has 9 heteroatoms. The van der Waals surface area contributed by atoms with Crippen molar-refractivity contribution in [2.45, 2.75) is 44.2 Å². The summed E-state index contributed by atoms with van der Waals surface area (Å²) in [6.07, 6.45) is 2.90. The molecule has 0 radical (unpaired) electrons. The van der Waals surface area contributed by atoms with Gasteiger partial charge < -0.3 is 14.5 Å². The van der Waals surface area contributed by atoms with Gasteiger partial charge in [-0.2, -0.15) is 0 Å². The summed E-state index contributed by atoms with van der Waals surface area (Å²) < 4.78 is 11.1. The highest BCUT2D eigenvalue weighted by molar-refractivity contribution is 7.18. The predicted octanol–water partition coefficient (Wildman–Crippen LogP) is 3.66. The molecular formula is C21H22N4O4S. The molecule has 1 atom stereocenters. The lowest BCUT2D eigenvalue weighted by atomic mass is 10.2. The molecule has 5 rings (SSSR count). The number of ether oxygens (including phenoxy) is 2. The fourth-order valence-electron chi connectivity index (χ4n) is 3.94. The number of aromatic amines is 1. The molecular weight excluding hydrogens is 404 g/mol. The molecule has 2 aliphatic rings. The van der Waals surface area contributed by atoms with Crippen molar-refractivity contribution in [2.24, 2.45) is 0 Å². The highest BCUT2D eigenvalue weighted by atomic mass is 32.1. The number of amides is 1. The molecule has 2 aromatic heterocycles. The Morgan fingerprint density at radius 1 is 1.33 bits per heavy atom. The fourth-order valence-corrected chi connectivity index (χ4v) is 5.03. The standard InChI is InChI=1S/C21H22N4O4S/c1-12-5-3-6-13(11-12)29-20(27)25-10-4-7-14(25)17-22-15-16(26)23-19(24-18(15)30-17)21(28-2)8-9-21/h3,5-6,11,14H,4,7-10H2,1-2H3,(H,23,24,26). The summed E-state index contributed by atoms with van der Waals surface area (Å²) in [5.74, 6) is 1.08. The Bertz CT molecular complexity index is 1180. The second-order valence-electron chi connectivity index (χ2n) is 7.85. The van der Waals surface area contributed by atoms with Crippen LogP contribution in [-0.2, 0) is 10.3 Å². The molecule has 3 aromatic rings. The molecule has 3 heterocycles. The van der Waals surface area contributed by atoms with Crippen molar-refractivity contribution in [3.05, 3.63) is 51.0 Å². The van der Waals surface area contributed by atoms with Crippen LogP contribution in [-0.4, -0.2) is 39.6 Å². The van der Waals surface area contributed by atoms with Crippen LogP contribution < -0.4 is 10.3 Å². The van der Waals surface area contributed by atoms with Gasteiger partial charge in [0.1, 0.15) is 22.2 Å². The van der Waals surface area contributed by atoms with Gasteiger partial charge in [0.15, 0.2) is 10.3 Å². The minimum Gasteiger partial charge on any atom is -0.410 e. The number of likely N-dealkylation sites (tertiary alicyclic amines) is 1. The minimum absolute atomic E-state index is 0.221. The fraction of sp³-hybridized carbons (Fsp3) is 0.429. The number of thiazole rings is 1. The first-order valence-electron chi connectivity index (χ1n) is 10.0. The summed E-state index contributed by atoms with van der Waals surface area (Å²) in [6, 6.07) is 7.18. The molecule has 1 N–H and O–H groups in total. The zero-order chi connectivity index (χ0) is 20.9. The Morgan fingerprint density at radius 3 is 2.90 bits per heavy atom. The highest BCUT2D eigenvalue weighted by Gasteiger charge is 2.47. The molecule has 0 bridgehead atoms. The van der Waals surface area contributed by atoms with Crippen LogP contribution in [0.4, 0.5) is 4.79 Å². The summed E-state index contributed by atoms with van der Waals surface area (Å²) in [5, 5.41) is 0.709. The SMILES string of the molecule is COC1(c2nc3sc(C4CCCN4C(=O)Oc4cccc(C)c4)nc3c(=O)[nH]2)CC1. The first-order valence-corrected chi connectivity index (χ1v) is 10.8. The first-order chi connectivity index (χ1) is 14.5. The van der Waals surface area contributed by atoms with Crippen LogP contribution in [0.25, 0.3) is 10.3 Å². The van der Waals surface area contributed by atoms with E-state index in [0.29, 0.717) is 33.5 Å². The molecule has 1 unspecified atom stereocenters. The van der Waals surface area contributed by atoms with E-state index in [9.17, 15) is 9.59 Å². The molecule has 2 fully saturated rings. The molecule has 1 saturated heterocycles. The van der Waals surface area contributed by atoms with Gasteiger partial charge in [-0.05, 0) is 50.3 Å². The normalized spacial score (nSPS) is 19.9. The molecule has 1 aliphatic carbocycles. The zero-order valence-corrected chi connectivity index (χ0v) is 17.6. The number of hydrogen-bond donors (Lipinski definition) is 1. The number of methoxy groups -OCH3 is 1. The topological polar surface area (TPSA) is 97.4 Å². The maximum atomic E-state index is 12.8. The third-order valence-corrected chi connectivity index (χ3v) is 6.83. The average molecular weight is 426 g/mol. The number of carbonyl (C=O) groups is 1. The van der Waals surface area contributed by atoms with Crippen molar-refractivity contribution in [3.63, 3.8) is 0 Å². The summed E-state index contributed by atoms with van der Waals surface area (Å²) in [6.45, 7) is 2.54. The molecule has 1 aliphatic heterocycles. The number of H-pyrrole nitrogens is 1. The van der Waals surface area contributed by atoms with E-state index in [-0.39, 0.29) is 11.6 Å². The van der Waals surface area contributed by atoms with Crippen LogP contribution >= 0.6 is 11.3 Å². The maximum absolute atomic E-state index is 12.8. The minimum atomic E-state index is -0.478. The van der Waals surface area contributed by atoms with E-state index >= 15 is 0 Å². The Hall–Kier alpha value is -2.78. The van der Waals surface area contributed by atoms with Gasteiger partial charge in [-0.25, -0.2) is 14.8 Å². The summed E-state index contributed by atoms with van der Waals surface area (Å²) in [5.41, 5.74) is 0.585. The Balaban J connectivity index is 1.43. The number of aromatic nitrogens is 3. The first kappa shape index (κ1) is 19.2. The van der Waals surface area contributed by atoms with Gasteiger partial charge in [-0.15, -0.1) is 0 Å². The number of carbonyl (C=O) groups excluding carboxylic acids is 1. The number of aryl methyl sites for hydroxylation is 1. The van der Waals surface area contributed by atoms with E-state index in [1.165, 1.54) is 11.3 Å². The van der Waals surface area contributed by atoms with Crippen LogP contribution in [0.1, 0.15) is 48.1 Å². The average Bonchev–Trinajstić information content (AvgIpc) is 3.16. The molecule has 0 spiro atoms. The molecule has 8 nitrogen and oxygen atoms in total. The van der Waals surface area contributed by atoms with Crippen molar-refractivity contribution in [1.82, 2.24) is 19.9 Å². The lowest BCUT2D eigenvalue weighted by Gasteiger charge is -2.22. The van der Waals surface area contributed by atoms with Crippen LogP contribution in [0, 0.1) is 6.92 Å². The van der Waals surface area contributed by atoms with Gasteiger partial charge in [0.05, 0.1) is 6.04 Å².